The van der Waals surface area contributed by atoms with Crippen molar-refractivity contribution >= 4 is 15.9 Å². The Morgan fingerprint density at radius 1 is 1.20 bits per heavy atom. The van der Waals surface area contributed by atoms with Crippen LogP contribution in [0.5, 0.6) is 0 Å². The Hall–Kier alpha value is -0.380. The Balaban J connectivity index is 2.69. The maximum atomic E-state index is 9.81. The molecule has 2 N–H and O–H groups in total. The van der Waals surface area contributed by atoms with Crippen molar-refractivity contribution in [2.75, 3.05) is 5.33 Å². The molecule has 0 amide bonds. The largest absolute Gasteiger partial charge is 0.390 e. The number of alkyl halides is 1. The van der Waals surface area contributed by atoms with Gasteiger partial charge in [0.25, 0.3) is 0 Å². The molecule has 0 bridgehead atoms. The smallest absolute Gasteiger partial charge is 0.105 e. The lowest BCUT2D eigenvalue weighted by Gasteiger charge is -2.17. The molecule has 0 saturated carbocycles. The van der Waals surface area contributed by atoms with Gasteiger partial charge in [-0.2, -0.15) is 0 Å². The van der Waals surface area contributed by atoms with Crippen molar-refractivity contribution < 1.29 is 10.2 Å². The zero-order chi connectivity index (χ0) is 11.3. The molecule has 2 nitrogen and oxygen atoms in total. The van der Waals surface area contributed by atoms with Gasteiger partial charge in [-0.15, -0.1) is 0 Å². The second-order valence-corrected chi connectivity index (χ2v) is 4.38. The van der Waals surface area contributed by atoms with E-state index in [-0.39, 0.29) is 0 Å². The van der Waals surface area contributed by atoms with Gasteiger partial charge in [0.05, 0.1) is 6.10 Å². The third-order valence-corrected chi connectivity index (χ3v) is 2.96. The van der Waals surface area contributed by atoms with Crippen molar-refractivity contribution in [1.82, 2.24) is 0 Å². The van der Waals surface area contributed by atoms with Gasteiger partial charge in [-0.3, -0.25) is 0 Å². The Kier molecular flexibility index (Phi) is 5.29. The molecule has 84 valence electrons. The van der Waals surface area contributed by atoms with Crippen LogP contribution in [0.15, 0.2) is 24.3 Å². The van der Waals surface area contributed by atoms with Crippen LogP contribution in [0.4, 0.5) is 0 Å². The van der Waals surface area contributed by atoms with Crippen LogP contribution in [-0.2, 0) is 6.42 Å². The van der Waals surface area contributed by atoms with Crippen LogP contribution in [0.1, 0.15) is 30.6 Å². The summed E-state index contributed by atoms with van der Waals surface area (Å²) in [5.41, 5.74) is 2.02. The van der Waals surface area contributed by atoms with Crippen LogP contribution in [-0.4, -0.2) is 21.6 Å². The standard InChI is InChI=1S/C12H17BrO2/c1-2-9-3-5-10(6-4-9)12(15)11(14)7-8-13/h3-6,11-12,14-15H,2,7-8H2,1H3. The number of aliphatic hydroxyl groups excluding tert-OH is 2. The highest BCUT2D eigenvalue weighted by Crippen LogP contribution is 2.20. The molecule has 0 aliphatic heterocycles. The predicted molar refractivity (Wildman–Crippen MR) is 65.2 cm³/mol. The minimum Gasteiger partial charge on any atom is -0.390 e. The van der Waals surface area contributed by atoms with Crippen LogP contribution >= 0.6 is 15.9 Å². The lowest BCUT2D eigenvalue weighted by atomic mass is 10.0. The molecule has 0 saturated heterocycles. The summed E-state index contributed by atoms with van der Waals surface area (Å²) in [5, 5.41) is 20.1. The lowest BCUT2D eigenvalue weighted by molar-refractivity contribution is 0.0173. The molecule has 0 heterocycles. The number of rotatable bonds is 5. The summed E-state index contributed by atoms with van der Waals surface area (Å²) in [4.78, 5) is 0. The Bertz CT molecular complexity index is 284. The third kappa shape index (κ3) is 3.59. The van der Waals surface area contributed by atoms with Crippen molar-refractivity contribution in [3.63, 3.8) is 0 Å². The van der Waals surface area contributed by atoms with Crippen molar-refractivity contribution in [3.05, 3.63) is 35.4 Å². The molecule has 15 heavy (non-hydrogen) atoms. The topological polar surface area (TPSA) is 40.5 Å². The van der Waals surface area contributed by atoms with Crippen molar-refractivity contribution in [2.24, 2.45) is 0 Å². The molecule has 1 rings (SSSR count). The number of aryl methyl sites for hydroxylation is 1. The molecule has 2 atom stereocenters. The molecule has 0 radical (unpaired) electrons. The van der Waals surface area contributed by atoms with Gasteiger partial charge in [-0.05, 0) is 24.0 Å². The van der Waals surface area contributed by atoms with Crippen molar-refractivity contribution in [1.29, 1.82) is 0 Å². The van der Waals surface area contributed by atoms with E-state index in [0.717, 1.165) is 12.0 Å². The summed E-state index contributed by atoms with van der Waals surface area (Å²) < 4.78 is 0. The number of benzene rings is 1. The van der Waals surface area contributed by atoms with Gasteiger partial charge in [0.1, 0.15) is 6.10 Å². The Morgan fingerprint density at radius 2 is 1.80 bits per heavy atom. The maximum Gasteiger partial charge on any atom is 0.105 e. The van der Waals surface area contributed by atoms with Crippen LogP contribution in [0, 0.1) is 0 Å². The van der Waals surface area contributed by atoms with E-state index in [1.54, 1.807) is 0 Å². The first-order valence-electron chi connectivity index (χ1n) is 5.20. The fraction of sp³-hybridized carbons (Fsp3) is 0.500. The zero-order valence-corrected chi connectivity index (χ0v) is 10.4. The minimum atomic E-state index is -0.784. The van der Waals surface area contributed by atoms with Gasteiger partial charge in [-0.25, -0.2) is 0 Å². The molecule has 0 fully saturated rings. The molecule has 0 aromatic heterocycles. The van der Waals surface area contributed by atoms with E-state index in [4.69, 9.17) is 0 Å². The van der Waals surface area contributed by atoms with Gasteiger partial charge in [-0.1, -0.05) is 47.1 Å². The highest BCUT2D eigenvalue weighted by atomic mass is 79.9. The van der Waals surface area contributed by atoms with Gasteiger partial charge >= 0.3 is 0 Å². The predicted octanol–water partition coefficient (Wildman–Crippen LogP) is 2.43. The lowest BCUT2D eigenvalue weighted by Crippen LogP contribution is -2.18. The summed E-state index contributed by atoms with van der Waals surface area (Å²) >= 11 is 3.24. The second kappa shape index (κ2) is 6.26. The van der Waals surface area contributed by atoms with Crippen LogP contribution in [0.3, 0.4) is 0 Å². The minimum absolute atomic E-state index is 0.552. The average molecular weight is 273 g/mol. The zero-order valence-electron chi connectivity index (χ0n) is 8.86. The summed E-state index contributed by atoms with van der Waals surface area (Å²) in [6, 6.07) is 7.72. The van der Waals surface area contributed by atoms with Gasteiger partial charge in [0.15, 0.2) is 0 Å². The Morgan fingerprint density at radius 3 is 2.27 bits per heavy atom. The van der Waals surface area contributed by atoms with E-state index < -0.39 is 12.2 Å². The number of aliphatic hydroxyl groups is 2. The van der Waals surface area contributed by atoms with E-state index in [0.29, 0.717) is 11.8 Å². The summed E-state index contributed by atoms with van der Waals surface area (Å²) in [5.74, 6) is 0. The summed E-state index contributed by atoms with van der Waals surface area (Å²) in [6.07, 6.45) is 0.0575. The molecule has 1 aromatic rings. The molecule has 0 spiro atoms. The monoisotopic (exact) mass is 272 g/mol. The average Bonchev–Trinajstić information content (AvgIpc) is 2.28. The molecule has 0 aliphatic carbocycles. The molecule has 2 unspecified atom stereocenters. The van der Waals surface area contributed by atoms with E-state index in [1.165, 1.54) is 5.56 Å². The maximum absolute atomic E-state index is 9.81. The van der Waals surface area contributed by atoms with E-state index in [9.17, 15) is 10.2 Å². The highest BCUT2D eigenvalue weighted by molar-refractivity contribution is 9.09. The van der Waals surface area contributed by atoms with Crippen molar-refractivity contribution in [3.8, 4) is 0 Å². The quantitative estimate of drug-likeness (QED) is 0.809. The fourth-order valence-corrected chi connectivity index (χ4v) is 1.91. The van der Waals surface area contributed by atoms with Crippen LogP contribution < -0.4 is 0 Å². The first-order valence-corrected chi connectivity index (χ1v) is 6.32. The summed E-state index contributed by atoms with van der Waals surface area (Å²) in [7, 11) is 0. The number of hydrogen-bond donors (Lipinski definition) is 2. The first-order chi connectivity index (χ1) is 7.19. The fourth-order valence-electron chi connectivity index (χ4n) is 1.44. The number of halogens is 1. The molecule has 1 aromatic carbocycles. The second-order valence-electron chi connectivity index (χ2n) is 3.58. The summed E-state index contributed by atoms with van der Waals surface area (Å²) in [6.45, 7) is 2.09. The van der Waals surface area contributed by atoms with E-state index >= 15 is 0 Å². The highest BCUT2D eigenvalue weighted by Gasteiger charge is 2.17. The molecule has 3 heteroatoms. The van der Waals surface area contributed by atoms with Gasteiger partial charge < -0.3 is 10.2 Å². The van der Waals surface area contributed by atoms with Gasteiger partial charge in [0.2, 0.25) is 0 Å². The van der Waals surface area contributed by atoms with E-state index in [1.807, 2.05) is 24.3 Å². The molecular weight excluding hydrogens is 256 g/mol. The molecule has 0 aliphatic rings. The number of hydrogen-bond acceptors (Lipinski definition) is 2. The van der Waals surface area contributed by atoms with Crippen LogP contribution in [0.2, 0.25) is 0 Å². The Labute approximate surface area is 99.1 Å². The first kappa shape index (κ1) is 12.7. The third-order valence-electron chi connectivity index (χ3n) is 2.50. The van der Waals surface area contributed by atoms with Gasteiger partial charge in [0, 0.05) is 5.33 Å². The van der Waals surface area contributed by atoms with Crippen LogP contribution in [0.25, 0.3) is 0 Å². The van der Waals surface area contributed by atoms with Crippen molar-refractivity contribution in [2.45, 2.75) is 32.0 Å². The normalized spacial score (nSPS) is 14.9. The SMILES string of the molecule is CCc1ccc(C(O)C(O)CCBr)cc1. The molecular formula is C12H17BrO2. The van der Waals surface area contributed by atoms with E-state index in [2.05, 4.69) is 22.9 Å².